The Kier molecular flexibility index (Phi) is 7.32. The summed E-state index contributed by atoms with van der Waals surface area (Å²) in [5.74, 6) is -0.880. The lowest BCUT2D eigenvalue weighted by molar-refractivity contribution is -0.113. The minimum Gasteiger partial charge on any atom is -0.350 e. The van der Waals surface area contributed by atoms with Crippen molar-refractivity contribution in [1.29, 1.82) is 0 Å². The number of para-hydroxylation sites is 1. The van der Waals surface area contributed by atoms with Gasteiger partial charge in [0.05, 0.1) is 11.3 Å². The number of thioether (sulfide) groups is 1. The fraction of sp³-hybridized carbons (Fsp3) is 0.120. The molecule has 0 unspecified atom stereocenters. The van der Waals surface area contributed by atoms with Crippen LogP contribution in [-0.4, -0.2) is 28.7 Å². The number of anilines is 1. The van der Waals surface area contributed by atoms with E-state index in [1.807, 2.05) is 35.0 Å². The highest BCUT2D eigenvalue weighted by molar-refractivity contribution is 8.00. The first kappa shape index (κ1) is 22.9. The topological polar surface area (TPSA) is 63.1 Å². The predicted molar refractivity (Wildman–Crippen MR) is 131 cm³/mol. The Hall–Kier alpha value is -3.29. The van der Waals surface area contributed by atoms with Crippen LogP contribution in [0.2, 0.25) is 5.02 Å². The number of carbonyl (C=O) groups excluding carboxylic acids is 2. The third kappa shape index (κ3) is 5.74. The standard InChI is InChI=1S/C25H21ClFN3O2S/c26-17-6-5-7-18(14-17)29-24(31)16-33-23-15-30(22-11-4-2-9-20(22)23)13-12-28-25(32)19-8-1-3-10-21(19)27/h1-11,14-15H,12-13,16H2,(H,28,32)(H,29,31). The van der Waals surface area contributed by atoms with Gasteiger partial charge in [0.25, 0.3) is 5.91 Å². The number of amides is 2. The van der Waals surface area contributed by atoms with Crippen molar-refractivity contribution in [3.8, 4) is 0 Å². The molecule has 3 aromatic carbocycles. The lowest BCUT2D eigenvalue weighted by Gasteiger charge is -2.08. The molecule has 33 heavy (non-hydrogen) atoms. The molecule has 2 N–H and O–H groups in total. The van der Waals surface area contributed by atoms with Crippen LogP contribution in [-0.2, 0) is 11.3 Å². The maximum absolute atomic E-state index is 13.8. The fourth-order valence-electron chi connectivity index (χ4n) is 3.45. The van der Waals surface area contributed by atoms with E-state index >= 15 is 0 Å². The number of carbonyl (C=O) groups is 2. The third-order valence-electron chi connectivity index (χ3n) is 4.98. The highest BCUT2D eigenvalue weighted by Gasteiger charge is 2.13. The summed E-state index contributed by atoms with van der Waals surface area (Å²) in [6, 6.07) is 20.8. The molecule has 0 spiro atoms. The van der Waals surface area contributed by atoms with E-state index in [4.69, 9.17) is 11.6 Å². The molecule has 0 aliphatic heterocycles. The van der Waals surface area contributed by atoms with E-state index in [1.165, 1.54) is 23.9 Å². The van der Waals surface area contributed by atoms with Crippen molar-refractivity contribution in [2.75, 3.05) is 17.6 Å². The van der Waals surface area contributed by atoms with Crippen LogP contribution in [0.3, 0.4) is 0 Å². The Morgan fingerprint density at radius 3 is 2.61 bits per heavy atom. The molecular weight excluding hydrogens is 461 g/mol. The first-order valence-electron chi connectivity index (χ1n) is 10.3. The summed E-state index contributed by atoms with van der Waals surface area (Å²) in [4.78, 5) is 25.6. The minimum absolute atomic E-state index is 0.0248. The monoisotopic (exact) mass is 481 g/mol. The summed E-state index contributed by atoms with van der Waals surface area (Å²) in [6.07, 6.45) is 1.97. The van der Waals surface area contributed by atoms with E-state index in [1.54, 1.807) is 36.4 Å². The second-order valence-electron chi connectivity index (χ2n) is 7.29. The zero-order valence-electron chi connectivity index (χ0n) is 17.6. The third-order valence-corrected chi connectivity index (χ3v) is 6.25. The van der Waals surface area contributed by atoms with Crippen molar-refractivity contribution in [2.45, 2.75) is 11.4 Å². The molecule has 0 aliphatic carbocycles. The molecule has 4 aromatic rings. The summed E-state index contributed by atoms with van der Waals surface area (Å²) >= 11 is 7.41. The van der Waals surface area contributed by atoms with Crippen LogP contribution in [0.1, 0.15) is 10.4 Å². The quantitative estimate of drug-likeness (QED) is 0.322. The van der Waals surface area contributed by atoms with Crippen LogP contribution in [0, 0.1) is 5.82 Å². The van der Waals surface area contributed by atoms with Crippen LogP contribution >= 0.6 is 23.4 Å². The van der Waals surface area contributed by atoms with Gasteiger partial charge >= 0.3 is 0 Å². The SMILES string of the molecule is O=C(CSc1cn(CCNC(=O)c2ccccc2F)c2ccccc12)Nc1cccc(Cl)c1. The molecule has 0 bridgehead atoms. The number of benzene rings is 3. The number of fused-ring (bicyclic) bond motifs is 1. The average molecular weight is 482 g/mol. The molecule has 2 amide bonds. The molecule has 0 fully saturated rings. The van der Waals surface area contributed by atoms with E-state index in [0.717, 1.165) is 15.8 Å². The molecule has 4 rings (SSSR count). The smallest absolute Gasteiger partial charge is 0.254 e. The maximum Gasteiger partial charge on any atom is 0.254 e. The molecule has 168 valence electrons. The number of rotatable bonds is 8. The van der Waals surface area contributed by atoms with Crippen molar-refractivity contribution >= 4 is 51.8 Å². The summed E-state index contributed by atoms with van der Waals surface area (Å²) in [5, 5.41) is 7.20. The highest BCUT2D eigenvalue weighted by Crippen LogP contribution is 2.30. The van der Waals surface area contributed by atoms with E-state index in [0.29, 0.717) is 23.8 Å². The van der Waals surface area contributed by atoms with Crippen molar-refractivity contribution in [3.05, 3.63) is 95.4 Å². The Bertz CT molecular complexity index is 1310. The molecule has 0 radical (unpaired) electrons. The zero-order chi connectivity index (χ0) is 23.2. The summed E-state index contributed by atoms with van der Waals surface area (Å²) in [6.45, 7) is 0.848. The van der Waals surface area contributed by atoms with Gasteiger partial charge in [0.1, 0.15) is 5.82 Å². The van der Waals surface area contributed by atoms with E-state index in [-0.39, 0.29) is 17.2 Å². The van der Waals surface area contributed by atoms with Gasteiger partial charge in [-0.3, -0.25) is 9.59 Å². The second-order valence-corrected chi connectivity index (χ2v) is 8.74. The molecule has 1 heterocycles. The Labute approximate surface area is 199 Å². The van der Waals surface area contributed by atoms with E-state index in [2.05, 4.69) is 10.6 Å². The number of aromatic nitrogens is 1. The lowest BCUT2D eigenvalue weighted by Crippen LogP contribution is -2.27. The number of nitrogens with one attached hydrogen (secondary N) is 2. The van der Waals surface area contributed by atoms with Crippen molar-refractivity contribution in [3.63, 3.8) is 0 Å². The average Bonchev–Trinajstić information content (AvgIpc) is 3.16. The molecule has 0 saturated heterocycles. The van der Waals surface area contributed by atoms with Gasteiger partial charge < -0.3 is 15.2 Å². The molecule has 1 aromatic heterocycles. The summed E-state index contributed by atoms with van der Waals surface area (Å²) < 4.78 is 15.8. The number of halogens is 2. The Morgan fingerprint density at radius 2 is 1.79 bits per heavy atom. The molecule has 8 heteroatoms. The van der Waals surface area contributed by atoms with E-state index in [9.17, 15) is 14.0 Å². The molecule has 0 aliphatic rings. The van der Waals surface area contributed by atoms with Crippen LogP contribution < -0.4 is 10.6 Å². The predicted octanol–water partition coefficient (Wildman–Crippen LogP) is 5.59. The van der Waals surface area contributed by atoms with Crippen LogP contribution in [0.25, 0.3) is 10.9 Å². The maximum atomic E-state index is 13.8. The van der Waals surface area contributed by atoms with Gasteiger partial charge in [-0.05, 0) is 36.4 Å². The molecule has 5 nitrogen and oxygen atoms in total. The highest BCUT2D eigenvalue weighted by atomic mass is 35.5. The van der Waals surface area contributed by atoms with E-state index < -0.39 is 11.7 Å². The van der Waals surface area contributed by atoms with Gasteiger partial charge in [-0.2, -0.15) is 0 Å². The van der Waals surface area contributed by atoms with Crippen LogP contribution in [0.15, 0.2) is 83.9 Å². The first-order chi connectivity index (χ1) is 16.0. The van der Waals surface area contributed by atoms with Gasteiger partial charge in [0, 0.05) is 45.8 Å². The Balaban J connectivity index is 1.39. The summed E-state index contributed by atoms with van der Waals surface area (Å²) in [5.41, 5.74) is 1.67. The first-order valence-corrected chi connectivity index (χ1v) is 11.7. The van der Waals surface area contributed by atoms with Gasteiger partial charge in [-0.15, -0.1) is 11.8 Å². The number of hydrogen-bond donors (Lipinski definition) is 2. The second kappa shape index (κ2) is 10.6. The van der Waals surface area contributed by atoms with Gasteiger partial charge in [-0.25, -0.2) is 4.39 Å². The van der Waals surface area contributed by atoms with Gasteiger partial charge in [0.15, 0.2) is 0 Å². The fourth-order valence-corrected chi connectivity index (χ4v) is 4.53. The normalized spacial score (nSPS) is 10.8. The number of nitrogens with zero attached hydrogens (tertiary/aromatic N) is 1. The van der Waals surface area contributed by atoms with Crippen LogP contribution in [0.4, 0.5) is 10.1 Å². The van der Waals surface area contributed by atoms with Gasteiger partial charge in [0.2, 0.25) is 5.91 Å². The van der Waals surface area contributed by atoms with Crippen molar-refractivity contribution in [2.24, 2.45) is 0 Å². The molecular formula is C25H21ClFN3O2S. The minimum atomic E-state index is -0.545. The van der Waals surface area contributed by atoms with Crippen LogP contribution in [0.5, 0.6) is 0 Å². The number of hydrogen-bond acceptors (Lipinski definition) is 3. The molecule has 0 atom stereocenters. The summed E-state index contributed by atoms with van der Waals surface area (Å²) in [7, 11) is 0. The van der Waals surface area contributed by atoms with Gasteiger partial charge in [-0.1, -0.05) is 48.0 Å². The largest absolute Gasteiger partial charge is 0.350 e. The van der Waals surface area contributed by atoms with Crippen molar-refractivity contribution in [1.82, 2.24) is 9.88 Å². The Morgan fingerprint density at radius 1 is 1.00 bits per heavy atom. The molecule has 0 saturated carbocycles. The lowest BCUT2D eigenvalue weighted by atomic mass is 10.2. The zero-order valence-corrected chi connectivity index (χ0v) is 19.1. The van der Waals surface area contributed by atoms with Crippen molar-refractivity contribution < 1.29 is 14.0 Å².